The van der Waals surface area contributed by atoms with Gasteiger partial charge in [0.05, 0.1) is 20.0 Å². The van der Waals surface area contributed by atoms with Crippen LogP contribution < -0.4 is 9.47 Å². The summed E-state index contributed by atoms with van der Waals surface area (Å²) in [5.74, 6) is 2.93. The summed E-state index contributed by atoms with van der Waals surface area (Å²) in [6, 6.07) is 16.1. The van der Waals surface area contributed by atoms with Gasteiger partial charge in [-0.3, -0.25) is 4.79 Å². The lowest BCUT2D eigenvalue weighted by Crippen LogP contribution is -2.40. The van der Waals surface area contributed by atoms with E-state index < -0.39 is 0 Å². The van der Waals surface area contributed by atoms with Crippen LogP contribution in [0.1, 0.15) is 25.3 Å². The van der Waals surface area contributed by atoms with Crippen molar-refractivity contribution < 1.29 is 14.3 Å². The van der Waals surface area contributed by atoms with Crippen molar-refractivity contribution in [2.45, 2.75) is 37.2 Å². The van der Waals surface area contributed by atoms with E-state index in [4.69, 9.17) is 9.47 Å². The molecule has 144 valence electrons. The zero-order valence-corrected chi connectivity index (χ0v) is 17.0. The van der Waals surface area contributed by atoms with Gasteiger partial charge in [-0.05, 0) is 67.6 Å². The molecule has 1 amide bonds. The van der Waals surface area contributed by atoms with Gasteiger partial charge in [0.15, 0.2) is 0 Å². The molecule has 4 nitrogen and oxygen atoms in total. The number of methoxy groups -OCH3 is 2. The summed E-state index contributed by atoms with van der Waals surface area (Å²) in [6.45, 7) is 2.82. The molecule has 1 unspecified atom stereocenters. The standard InChI is InChI=1S/C22H27NO3S/c1-16(18-6-7-18)23(14-17-4-8-19(25-2)9-5-17)22(24)15-27-21-12-10-20(26-3)11-13-21/h4-5,8-13,16,18H,6-7,14-15H2,1-3H3. The highest BCUT2D eigenvalue weighted by Gasteiger charge is 2.34. The van der Waals surface area contributed by atoms with Crippen LogP contribution in [-0.4, -0.2) is 36.8 Å². The number of ether oxygens (including phenoxy) is 2. The van der Waals surface area contributed by atoms with Crippen molar-refractivity contribution in [3.05, 3.63) is 54.1 Å². The van der Waals surface area contributed by atoms with Crippen molar-refractivity contribution in [3.8, 4) is 11.5 Å². The topological polar surface area (TPSA) is 38.8 Å². The van der Waals surface area contributed by atoms with Gasteiger partial charge in [-0.1, -0.05) is 12.1 Å². The van der Waals surface area contributed by atoms with Gasteiger partial charge in [0.25, 0.3) is 0 Å². The molecule has 0 aliphatic heterocycles. The number of nitrogens with zero attached hydrogens (tertiary/aromatic N) is 1. The largest absolute Gasteiger partial charge is 0.497 e. The molecule has 1 saturated carbocycles. The minimum Gasteiger partial charge on any atom is -0.497 e. The number of carbonyl (C=O) groups excluding carboxylic acids is 1. The normalized spacial score (nSPS) is 14.5. The third kappa shape index (κ3) is 5.42. The second-order valence-electron chi connectivity index (χ2n) is 6.91. The maximum absolute atomic E-state index is 13.0. The molecule has 1 atom stereocenters. The van der Waals surface area contributed by atoms with Gasteiger partial charge in [0.2, 0.25) is 5.91 Å². The molecule has 2 aromatic rings. The van der Waals surface area contributed by atoms with Crippen molar-refractivity contribution in [2.24, 2.45) is 5.92 Å². The summed E-state index contributed by atoms with van der Waals surface area (Å²) in [5.41, 5.74) is 1.13. The van der Waals surface area contributed by atoms with Gasteiger partial charge < -0.3 is 14.4 Å². The Hall–Kier alpha value is -2.14. The molecule has 1 fully saturated rings. The lowest BCUT2D eigenvalue weighted by atomic mass is 10.1. The van der Waals surface area contributed by atoms with E-state index in [-0.39, 0.29) is 11.9 Å². The number of rotatable bonds is 9. The fraction of sp³-hybridized carbons (Fsp3) is 0.409. The van der Waals surface area contributed by atoms with Crippen LogP contribution >= 0.6 is 11.8 Å². The van der Waals surface area contributed by atoms with Crippen LogP contribution in [0.25, 0.3) is 0 Å². The highest BCUT2D eigenvalue weighted by molar-refractivity contribution is 8.00. The SMILES string of the molecule is COc1ccc(CN(C(=O)CSc2ccc(OC)cc2)C(C)C2CC2)cc1. The van der Waals surface area contributed by atoms with Crippen molar-refractivity contribution in [1.29, 1.82) is 0 Å². The first-order chi connectivity index (χ1) is 13.1. The van der Waals surface area contributed by atoms with E-state index in [1.807, 2.05) is 53.4 Å². The zero-order chi connectivity index (χ0) is 19.2. The highest BCUT2D eigenvalue weighted by atomic mass is 32.2. The molecule has 0 bridgehead atoms. The Morgan fingerprint density at radius 1 is 1.04 bits per heavy atom. The average molecular weight is 386 g/mol. The van der Waals surface area contributed by atoms with E-state index in [2.05, 4.69) is 6.92 Å². The Bertz CT molecular complexity index is 741. The number of amides is 1. The first-order valence-corrected chi connectivity index (χ1v) is 10.3. The van der Waals surface area contributed by atoms with Gasteiger partial charge in [-0.15, -0.1) is 11.8 Å². The molecule has 0 heterocycles. The predicted octanol–water partition coefficient (Wildman–Crippen LogP) is 4.62. The average Bonchev–Trinajstić information content (AvgIpc) is 3.56. The van der Waals surface area contributed by atoms with Gasteiger partial charge >= 0.3 is 0 Å². The Labute approximate surface area is 165 Å². The second kappa shape index (κ2) is 9.18. The van der Waals surface area contributed by atoms with Gasteiger partial charge in [0, 0.05) is 17.5 Å². The predicted molar refractivity (Wildman–Crippen MR) is 109 cm³/mol. The van der Waals surface area contributed by atoms with Crippen LogP contribution in [0.15, 0.2) is 53.4 Å². The third-order valence-corrected chi connectivity index (χ3v) is 6.05. The van der Waals surface area contributed by atoms with E-state index in [0.717, 1.165) is 22.0 Å². The molecule has 1 aliphatic carbocycles. The first kappa shape index (κ1) is 19.6. The maximum Gasteiger partial charge on any atom is 0.233 e. The van der Waals surface area contributed by atoms with Crippen LogP contribution in [0.2, 0.25) is 0 Å². The number of hydrogen-bond acceptors (Lipinski definition) is 4. The number of carbonyl (C=O) groups is 1. The van der Waals surface area contributed by atoms with Crippen LogP contribution in [0.5, 0.6) is 11.5 Å². The second-order valence-corrected chi connectivity index (χ2v) is 7.96. The van der Waals surface area contributed by atoms with Crippen molar-refractivity contribution in [1.82, 2.24) is 4.90 Å². The summed E-state index contributed by atoms with van der Waals surface area (Å²) in [7, 11) is 3.32. The van der Waals surface area contributed by atoms with Crippen LogP contribution in [0, 0.1) is 5.92 Å². The Balaban J connectivity index is 1.64. The number of benzene rings is 2. The third-order valence-electron chi connectivity index (χ3n) is 5.05. The lowest BCUT2D eigenvalue weighted by molar-refractivity contribution is -0.131. The van der Waals surface area contributed by atoms with Gasteiger partial charge in [0.1, 0.15) is 11.5 Å². The summed E-state index contributed by atoms with van der Waals surface area (Å²) in [4.78, 5) is 16.1. The molecule has 5 heteroatoms. The highest BCUT2D eigenvalue weighted by Crippen LogP contribution is 2.36. The monoisotopic (exact) mass is 385 g/mol. The fourth-order valence-corrected chi connectivity index (χ4v) is 3.90. The molecular formula is C22H27NO3S. The van der Waals surface area contributed by atoms with Crippen LogP contribution in [0.3, 0.4) is 0 Å². The van der Waals surface area contributed by atoms with E-state index in [9.17, 15) is 4.79 Å². The number of thioether (sulfide) groups is 1. The summed E-state index contributed by atoms with van der Waals surface area (Å²) >= 11 is 1.58. The minimum atomic E-state index is 0.186. The van der Waals surface area contributed by atoms with Gasteiger partial charge in [-0.2, -0.15) is 0 Å². The molecule has 0 aromatic heterocycles. The summed E-state index contributed by atoms with van der Waals surface area (Å²) in [6.07, 6.45) is 2.44. The van der Waals surface area contributed by atoms with E-state index >= 15 is 0 Å². The van der Waals surface area contributed by atoms with Crippen LogP contribution in [-0.2, 0) is 11.3 Å². The molecule has 3 rings (SSSR count). The fourth-order valence-electron chi connectivity index (χ4n) is 3.12. The molecule has 0 saturated heterocycles. The Morgan fingerprint density at radius 2 is 1.59 bits per heavy atom. The van der Waals surface area contributed by atoms with Crippen molar-refractivity contribution in [3.63, 3.8) is 0 Å². The minimum absolute atomic E-state index is 0.186. The molecule has 27 heavy (non-hydrogen) atoms. The zero-order valence-electron chi connectivity index (χ0n) is 16.2. The molecule has 0 spiro atoms. The van der Waals surface area contributed by atoms with E-state index in [1.54, 1.807) is 26.0 Å². The van der Waals surface area contributed by atoms with Crippen molar-refractivity contribution in [2.75, 3.05) is 20.0 Å². The number of hydrogen-bond donors (Lipinski definition) is 0. The van der Waals surface area contributed by atoms with E-state index in [1.165, 1.54) is 12.8 Å². The molecule has 2 aromatic carbocycles. The van der Waals surface area contributed by atoms with Crippen molar-refractivity contribution >= 4 is 17.7 Å². The molecule has 0 radical (unpaired) electrons. The summed E-state index contributed by atoms with van der Waals surface area (Å²) in [5, 5.41) is 0. The summed E-state index contributed by atoms with van der Waals surface area (Å²) < 4.78 is 10.4. The molecule has 0 N–H and O–H groups in total. The van der Waals surface area contributed by atoms with Crippen LogP contribution in [0.4, 0.5) is 0 Å². The van der Waals surface area contributed by atoms with E-state index in [0.29, 0.717) is 18.2 Å². The smallest absolute Gasteiger partial charge is 0.233 e. The molecule has 1 aliphatic rings. The Kier molecular flexibility index (Phi) is 6.67. The quantitative estimate of drug-likeness (QED) is 0.590. The Morgan fingerprint density at radius 3 is 2.11 bits per heavy atom. The molecular weight excluding hydrogens is 358 g/mol. The lowest BCUT2D eigenvalue weighted by Gasteiger charge is -2.29. The maximum atomic E-state index is 13.0. The first-order valence-electron chi connectivity index (χ1n) is 9.30. The van der Waals surface area contributed by atoms with Gasteiger partial charge in [-0.25, -0.2) is 0 Å².